The van der Waals surface area contributed by atoms with Crippen LogP contribution < -0.4 is 5.32 Å². The number of para-hydroxylation sites is 1. The van der Waals surface area contributed by atoms with Gasteiger partial charge in [0.15, 0.2) is 11.6 Å². The summed E-state index contributed by atoms with van der Waals surface area (Å²) in [6.45, 7) is 0.627. The molecule has 0 heterocycles. The van der Waals surface area contributed by atoms with E-state index in [1.165, 1.54) is 6.07 Å². The van der Waals surface area contributed by atoms with Crippen LogP contribution in [0.4, 0.5) is 17.6 Å². The van der Waals surface area contributed by atoms with Crippen molar-refractivity contribution in [1.29, 1.82) is 0 Å². The van der Waals surface area contributed by atoms with Gasteiger partial charge >= 0.3 is 6.18 Å². The van der Waals surface area contributed by atoms with E-state index < -0.39 is 24.2 Å². The van der Waals surface area contributed by atoms with E-state index >= 15 is 0 Å². The molecule has 0 spiro atoms. The number of alkyl halides is 3. The molecule has 1 rings (SSSR count). The third kappa shape index (κ3) is 5.35. The van der Waals surface area contributed by atoms with Gasteiger partial charge < -0.3 is 10.4 Å². The lowest BCUT2D eigenvalue weighted by atomic mass is 10.2. The monoisotopic (exact) mass is 265 g/mol. The Labute approximate surface area is 103 Å². The van der Waals surface area contributed by atoms with Crippen LogP contribution in [0.15, 0.2) is 18.2 Å². The van der Waals surface area contributed by atoms with Crippen molar-refractivity contribution in [3.8, 4) is 5.75 Å². The highest BCUT2D eigenvalue weighted by molar-refractivity contribution is 5.33. The molecule has 0 aliphatic carbocycles. The van der Waals surface area contributed by atoms with Crippen LogP contribution in [0, 0.1) is 5.82 Å². The maximum absolute atomic E-state index is 12.9. The number of hydrogen-bond donors (Lipinski definition) is 2. The topological polar surface area (TPSA) is 32.3 Å². The molecule has 0 bridgehead atoms. The average molecular weight is 265 g/mol. The lowest BCUT2D eigenvalue weighted by Crippen LogP contribution is -2.16. The fourth-order valence-electron chi connectivity index (χ4n) is 1.50. The molecule has 0 aliphatic rings. The second-order valence-electron chi connectivity index (χ2n) is 4.00. The van der Waals surface area contributed by atoms with Gasteiger partial charge in [-0.05, 0) is 25.5 Å². The van der Waals surface area contributed by atoms with Crippen molar-refractivity contribution in [2.75, 3.05) is 6.54 Å². The number of aromatic hydroxyl groups is 1. The molecule has 0 radical (unpaired) electrons. The molecule has 0 unspecified atom stereocenters. The Bertz CT molecular complexity index is 379. The number of phenols is 1. The summed E-state index contributed by atoms with van der Waals surface area (Å²) in [6.07, 6.45) is -4.46. The molecule has 1 aromatic carbocycles. The highest BCUT2D eigenvalue weighted by Gasteiger charge is 2.25. The van der Waals surface area contributed by atoms with E-state index in [1.54, 1.807) is 6.07 Å². The lowest BCUT2D eigenvalue weighted by molar-refractivity contribution is -0.135. The molecule has 0 aromatic heterocycles. The van der Waals surface area contributed by atoms with E-state index in [0.717, 1.165) is 6.07 Å². The lowest BCUT2D eigenvalue weighted by Gasteiger charge is -2.08. The van der Waals surface area contributed by atoms with Crippen molar-refractivity contribution < 1.29 is 22.7 Å². The molecule has 0 aliphatic heterocycles. The molecule has 6 heteroatoms. The first-order chi connectivity index (χ1) is 8.40. The fourth-order valence-corrected chi connectivity index (χ4v) is 1.50. The number of nitrogens with one attached hydrogen (secondary N) is 1. The summed E-state index contributed by atoms with van der Waals surface area (Å²) in [5.74, 6) is -1.12. The number of halogens is 4. The predicted molar refractivity (Wildman–Crippen MR) is 59.7 cm³/mol. The van der Waals surface area contributed by atoms with Crippen molar-refractivity contribution in [3.63, 3.8) is 0 Å². The van der Waals surface area contributed by atoms with E-state index in [9.17, 15) is 22.7 Å². The van der Waals surface area contributed by atoms with Crippen LogP contribution >= 0.6 is 0 Å². The van der Waals surface area contributed by atoms with E-state index in [-0.39, 0.29) is 13.0 Å². The van der Waals surface area contributed by atoms with Gasteiger partial charge in [-0.25, -0.2) is 4.39 Å². The van der Waals surface area contributed by atoms with Crippen LogP contribution in [0.3, 0.4) is 0 Å². The summed E-state index contributed by atoms with van der Waals surface area (Å²) < 4.78 is 48.4. The molecule has 0 saturated carbocycles. The van der Waals surface area contributed by atoms with Crippen molar-refractivity contribution in [2.45, 2.75) is 32.0 Å². The van der Waals surface area contributed by atoms with Gasteiger partial charge in [0, 0.05) is 18.5 Å². The molecular formula is C12H15F4NO. The van der Waals surface area contributed by atoms with Gasteiger partial charge in [0.25, 0.3) is 0 Å². The van der Waals surface area contributed by atoms with E-state index in [1.807, 2.05) is 0 Å². The summed E-state index contributed by atoms with van der Waals surface area (Å²) in [7, 11) is 0. The Balaban J connectivity index is 2.20. The number of rotatable bonds is 6. The number of hydrogen-bond acceptors (Lipinski definition) is 2. The fraction of sp³-hybridized carbons (Fsp3) is 0.500. The Morgan fingerprint density at radius 1 is 1.17 bits per heavy atom. The van der Waals surface area contributed by atoms with Crippen molar-refractivity contribution in [1.82, 2.24) is 5.32 Å². The van der Waals surface area contributed by atoms with Gasteiger partial charge in [-0.3, -0.25) is 0 Å². The summed E-state index contributed by atoms with van der Waals surface area (Å²) in [5, 5.41) is 12.2. The average Bonchev–Trinajstić information content (AvgIpc) is 2.27. The molecule has 0 atom stereocenters. The molecule has 0 saturated heterocycles. The van der Waals surface area contributed by atoms with Gasteiger partial charge in [0.05, 0.1) is 0 Å². The van der Waals surface area contributed by atoms with Crippen LogP contribution in [0.25, 0.3) is 0 Å². The first-order valence-corrected chi connectivity index (χ1v) is 5.64. The van der Waals surface area contributed by atoms with Crippen molar-refractivity contribution in [2.24, 2.45) is 0 Å². The quantitative estimate of drug-likeness (QED) is 0.610. The molecule has 0 fully saturated rings. The largest absolute Gasteiger partial charge is 0.505 e. The van der Waals surface area contributed by atoms with Crippen molar-refractivity contribution in [3.05, 3.63) is 29.6 Å². The van der Waals surface area contributed by atoms with Gasteiger partial charge in [0.1, 0.15) is 0 Å². The van der Waals surface area contributed by atoms with Gasteiger partial charge in [-0.2, -0.15) is 13.2 Å². The highest BCUT2D eigenvalue weighted by atomic mass is 19.4. The first kappa shape index (κ1) is 14.8. The molecule has 18 heavy (non-hydrogen) atoms. The minimum absolute atomic E-state index is 0.0611. The van der Waals surface area contributed by atoms with E-state index in [4.69, 9.17) is 0 Å². The Morgan fingerprint density at radius 2 is 1.89 bits per heavy atom. The third-order valence-corrected chi connectivity index (χ3v) is 2.45. The summed E-state index contributed by atoms with van der Waals surface area (Å²) in [4.78, 5) is 0. The zero-order chi connectivity index (χ0) is 13.6. The molecule has 102 valence electrons. The van der Waals surface area contributed by atoms with Crippen LogP contribution in [0.1, 0.15) is 24.8 Å². The standard InChI is InChI=1S/C12H15F4NO/c13-10-5-3-4-9(11(10)18)8-17-7-2-1-6-12(14,15)16/h3-5,17-18H,1-2,6-8H2. The molecular weight excluding hydrogens is 250 g/mol. The summed E-state index contributed by atoms with van der Waals surface area (Å²) in [5.41, 5.74) is 0.394. The predicted octanol–water partition coefficient (Wildman–Crippen LogP) is 3.35. The van der Waals surface area contributed by atoms with Gasteiger partial charge in [0.2, 0.25) is 0 Å². The maximum Gasteiger partial charge on any atom is 0.389 e. The summed E-state index contributed by atoms with van der Waals surface area (Å²) in [6, 6.07) is 4.17. The number of unbranched alkanes of at least 4 members (excludes halogenated alkanes) is 1. The zero-order valence-corrected chi connectivity index (χ0v) is 9.73. The smallest absolute Gasteiger partial charge is 0.389 e. The molecule has 2 N–H and O–H groups in total. The van der Waals surface area contributed by atoms with Gasteiger partial charge in [-0.15, -0.1) is 0 Å². The number of phenolic OH excluding ortho intramolecular Hbond substituents is 1. The second kappa shape index (κ2) is 6.58. The minimum atomic E-state index is -4.11. The number of benzene rings is 1. The zero-order valence-electron chi connectivity index (χ0n) is 9.73. The SMILES string of the molecule is Oc1c(F)cccc1CNCCCCC(F)(F)F. The van der Waals surface area contributed by atoms with Crippen LogP contribution in [0.5, 0.6) is 5.75 Å². The first-order valence-electron chi connectivity index (χ1n) is 5.64. The Morgan fingerprint density at radius 3 is 2.56 bits per heavy atom. The Hall–Kier alpha value is -1.30. The van der Waals surface area contributed by atoms with Crippen LogP contribution in [-0.4, -0.2) is 17.8 Å². The maximum atomic E-state index is 12.9. The van der Waals surface area contributed by atoms with Crippen LogP contribution in [0.2, 0.25) is 0 Å². The van der Waals surface area contributed by atoms with E-state index in [0.29, 0.717) is 18.5 Å². The third-order valence-electron chi connectivity index (χ3n) is 2.45. The highest BCUT2D eigenvalue weighted by Crippen LogP contribution is 2.22. The Kier molecular flexibility index (Phi) is 5.40. The van der Waals surface area contributed by atoms with Crippen LogP contribution in [-0.2, 0) is 6.54 Å². The minimum Gasteiger partial charge on any atom is -0.505 e. The van der Waals surface area contributed by atoms with Gasteiger partial charge in [-0.1, -0.05) is 12.1 Å². The second-order valence-corrected chi connectivity index (χ2v) is 4.00. The normalized spacial score (nSPS) is 11.8. The molecule has 2 nitrogen and oxygen atoms in total. The summed E-state index contributed by atoms with van der Waals surface area (Å²) >= 11 is 0. The van der Waals surface area contributed by atoms with E-state index in [2.05, 4.69) is 5.32 Å². The molecule has 0 amide bonds. The molecule has 1 aromatic rings. The van der Waals surface area contributed by atoms with Crippen molar-refractivity contribution >= 4 is 0 Å².